The van der Waals surface area contributed by atoms with Gasteiger partial charge in [0.05, 0.1) is 11.7 Å². The number of nitrogens with zero attached hydrogens (tertiary/aromatic N) is 4. The Morgan fingerprint density at radius 3 is 2.92 bits per heavy atom. The van der Waals surface area contributed by atoms with Gasteiger partial charge in [-0.15, -0.1) is 0 Å². The lowest BCUT2D eigenvalue weighted by molar-refractivity contribution is 0.376. The molecule has 0 saturated heterocycles. The van der Waals surface area contributed by atoms with Crippen LogP contribution in [0.5, 0.6) is 0 Å². The number of imidazole rings is 1. The molecule has 3 heterocycles. The molecule has 0 aliphatic carbocycles. The first kappa shape index (κ1) is 15.9. The molecule has 0 radical (unpaired) electrons. The molecule has 2 N–H and O–H groups in total. The van der Waals surface area contributed by atoms with Crippen LogP contribution in [0.15, 0.2) is 48.8 Å². The van der Waals surface area contributed by atoms with E-state index in [1.807, 2.05) is 32.4 Å². The first-order chi connectivity index (χ1) is 12.2. The Bertz CT molecular complexity index is 835. The van der Waals surface area contributed by atoms with Crippen molar-refractivity contribution >= 4 is 5.82 Å². The van der Waals surface area contributed by atoms with Crippen LogP contribution in [0.4, 0.5) is 5.82 Å². The number of benzene rings is 1. The van der Waals surface area contributed by atoms with Crippen LogP contribution in [-0.4, -0.2) is 32.4 Å². The van der Waals surface area contributed by atoms with Crippen molar-refractivity contribution in [2.45, 2.75) is 19.5 Å². The summed E-state index contributed by atoms with van der Waals surface area (Å²) in [5.74, 6) is 2.64. The van der Waals surface area contributed by atoms with Crippen molar-refractivity contribution in [3.05, 3.63) is 65.9 Å². The van der Waals surface area contributed by atoms with E-state index in [0.29, 0.717) is 5.92 Å². The van der Waals surface area contributed by atoms with E-state index in [4.69, 9.17) is 0 Å². The zero-order valence-electron chi connectivity index (χ0n) is 14.7. The second-order valence-corrected chi connectivity index (χ2v) is 6.75. The summed E-state index contributed by atoms with van der Waals surface area (Å²) in [4.78, 5) is 4.56. The van der Waals surface area contributed by atoms with E-state index in [-0.39, 0.29) is 6.04 Å². The molecule has 0 spiro atoms. The number of rotatable bonds is 5. The van der Waals surface area contributed by atoms with E-state index in [1.54, 1.807) is 0 Å². The van der Waals surface area contributed by atoms with E-state index in [2.05, 4.69) is 60.3 Å². The van der Waals surface area contributed by atoms with Crippen molar-refractivity contribution in [3.63, 3.8) is 0 Å². The molecule has 0 bridgehead atoms. The van der Waals surface area contributed by atoms with Gasteiger partial charge in [-0.05, 0) is 12.5 Å². The van der Waals surface area contributed by atoms with Gasteiger partial charge in [0.25, 0.3) is 0 Å². The number of aromatic nitrogens is 4. The summed E-state index contributed by atoms with van der Waals surface area (Å²) in [6, 6.07) is 12.7. The van der Waals surface area contributed by atoms with E-state index < -0.39 is 0 Å². The van der Waals surface area contributed by atoms with Gasteiger partial charge in [0.15, 0.2) is 0 Å². The lowest BCUT2D eigenvalue weighted by Crippen LogP contribution is -2.37. The Hall–Kier alpha value is -2.60. The molecular weight excluding hydrogens is 312 g/mol. The van der Waals surface area contributed by atoms with Crippen LogP contribution in [0.2, 0.25) is 0 Å². The van der Waals surface area contributed by atoms with Crippen molar-refractivity contribution in [1.29, 1.82) is 0 Å². The Morgan fingerprint density at radius 2 is 2.16 bits per heavy atom. The molecule has 6 nitrogen and oxygen atoms in total. The van der Waals surface area contributed by atoms with Gasteiger partial charge >= 0.3 is 0 Å². The fraction of sp³-hybridized carbons (Fsp3) is 0.368. The minimum atomic E-state index is 0.0851. The SMILES string of the molecule is Cc1cc2n(n1)CC(CNC(c1ccccc1)c1nccn1C)CN2. The average Bonchev–Trinajstić information content (AvgIpc) is 3.20. The maximum atomic E-state index is 4.56. The first-order valence-corrected chi connectivity index (χ1v) is 8.74. The summed E-state index contributed by atoms with van der Waals surface area (Å²) in [5.41, 5.74) is 2.29. The predicted octanol–water partition coefficient (Wildman–Crippen LogP) is 2.35. The normalized spacial score (nSPS) is 17.8. The molecule has 0 saturated carbocycles. The standard InChI is InChI=1S/C19H24N6/c1-14-10-17-21-11-15(13-25(17)23-14)12-22-18(16-6-4-3-5-7-16)19-20-8-9-24(19)2/h3-10,15,18,21-22H,11-13H2,1-2H3. The molecule has 4 rings (SSSR count). The van der Waals surface area contributed by atoms with Crippen molar-refractivity contribution in [1.82, 2.24) is 24.6 Å². The monoisotopic (exact) mass is 336 g/mol. The third kappa shape index (κ3) is 3.30. The summed E-state index contributed by atoms with van der Waals surface area (Å²) in [7, 11) is 2.04. The quantitative estimate of drug-likeness (QED) is 0.751. The van der Waals surface area contributed by atoms with Crippen molar-refractivity contribution < 1.29 is 0 Å². The van der Waals surface area contributed by atoms with Gasteiger partial charge in [-0.2, -0.15) is 5.10 Å². The molecule has 0 fully saturated rings. The molecule has 0 amide bonds. The Labute approximate surface area is 147 Å². The van der Waals surface area contributed by atoms with Gasteiger partial charge in [0.1, 0.15) is 11.6 Å². The van der Waals surface area contributed by atoms with Crippen molar-refractivity contribution in [3.8, 4) is 0 Å². The molecule has 1 aliphatic rings. The fourth-order valence-corrected chi connectivity index (χ4v) is 3.47. The number of hydrogen-bond donors (Lipinski definition) is 2. The largest absolute Gasteiger partial charge is 0.370 e. The smallest absolute Gasteiger partial charge is 0.130 e. The Balaban J connectivity index is 1.49. The zero-order valence-corrected chi connectivity index (χ0v) is 14.7. The molecule has 1 aliphatic heterocycles. The number of fused-ring (bicyclic) bond motifs is 1. The highest BCUT2D eigenvalue weighted by Gasteiger charge is 2.23. The zero-order chi connectivity index (χ0) is 17.2. The number of aryl methyl sites for hydroxylation is 2. The summed E-state index contributed by atoms with van der Waals surface area (Å²) in [6.45, 7) is 4.83. The highest BCUT2D eigenvalue weighted by atomic mass is 15.3. The summed E-state index contributed by atoms with van der Waals surface area (Å²) in [6.07, 6.45) is 3.85. The molecule has 1 aromatic carbocycles. The fourth-order valence-electron chi connectivity index (χ4n) is 3.47. The molecule has 2 unspecified atom stereocenters. The van der Waals surface area contributed by atoms with Crippen molar-refractivity contribution in [2.24, 2.45) is 13.0 Å². The molecule has 25 heavy (non-hydrogen) atoms. The summed E-state index contributed by atoms with van der Waals surface area (Å²) < 4.78 is 4.15. The van der Waals surface area contributed by atoms with Crippen LogP contribution in [0.1, 0.15) is 23.1 Å². The van der Waals surface area contributed by atoms with Gasteiger partial charge in [-0.3, -0.25) is 0 Å². The average molecular weight is 336 g/mol. The molecule has 2 aromatic heterocycles. The first-order valence-electron chi connectivity index (χ1n) is 8.74. The molecule has 6 heteroatoms. The number of nitrogens with one attached hydrogen (secondary N) is 2. The predicted molar refractivity (Wildman–Crippen MR) is 98.4 cm³/mol. The maximum Gasteiger partial charge on any atom is 0.130 e. The van der Waals surface area contributed by atoms with E-state index in [1.165, 1.54) is 5.56 Å². The van der Waals surface area contributed by atoms with Crippen molar-refractivity contribution in [2.75, 3.05) is 18.4 Å². The Kier molecular flexibility index (Phi) is 4.28. The van der Waals surface area contributed by atoms with Crippen LogP contribution in [-0.2, 0) is 13.6 Å². The third-order valence-corrected chi connectivity index (χ3v) is 4.77. The lowest BCUT2D eigenvalue weighted by atomic mass is 10.0. The number of anilines is 1. The summed E-state index contributed by atoms with van der Waals surface area (Å²) >= 11 is 0. The van der Waals surface area contributed by atoms with Gasteiger partial charge in [-0.25, -0.2) is 9.67 Å². The Morgan fingerprint density at radius 1 is 1.32 bits per heavy atom. The second-order valence-electron chi connectivity index (χ2n) is 6.75. The van der Waals surface area contributed by atoms with E-state index in [0.717, 1.165) is 37.0 Å². The maximum absolute atomic E-state index is 4.56. The van der Waals surface area contributed by atoms with Crippen LogP contribution in [0.25, 0.3) is 0 Å². The number of hydrogen-bond acceptors (Lipinski definition) is 4. The van der Waals surface area contributed by atoms with Gasteiger partial charge in [0.2, 0.25) is 0 Å². The molecule has 130 valence electrons. The van der Waals surface area contributed by atoms with Gasteiger partial charge in [0, 0.05) is 51.1 Å². The van der Waals surface area contributed by atoms with E-state index in [9.17, 15) is 0 Å². The third-order valence-electron chi connectivity index (χ3n) is 4.77. The van der Waals surface area contributed by atoms with E-state index >= 15 is 0 Å². The minimum Gasteiger partial charge on any atom is -0.370 e. The van der Waals surface area contributed by atoms with Gasteiger partial charge in [-0.1, -0.05) is 30.3 Å². The van der Waals surface area contributed by atoms with Gasteiger partial charge < -0.3 is 15.2 Å². The van der Waals surface area contributed by atoms with Crippen LogP contribution in [0.3, 0.4) is 0 Å². The minimum absolute atomic E-state index is 0.0851. The van der Waals surface area contributed by atoms with Crippen LogP contribution in [0, 0.1) is 12.8 Å². The lowest BCUT2D eigenvalue weighted by Gasteiger charge is -2.27. The second kappa shape index (κ2) is 6.72. The highest BCUT2D eigenvalue weighted by molar-refractivity contribution is 5.38. The molecule has 2 atom stereocenters. The van der Waals surface area contributed by atoms with Crippen LogP contribution >= 0.6 is 0 Å². The molecular formula is C19H24N6. The molecule has 3 aromatic rings. The van der Waals surface area contributed by atoms with Crippen LogP contribution < -0.4 is 10.6 Å². The topological polar surface area (TPSA) is 59.7 Å². The highest BCUT2D eigenvalue weighted by Crippen LogP contribution is 2.22. The summed E-state index contributed by atoms with van der Waals surface area (Å²) in [5, 5.41) is 11.8.